The highest BCUT2D eigenvalue weighted by Crippen LogP contribution is 2.48. The SMILES string of the molecule is COCOC1=CC=C(C2(c3ccc(OCOC)cc3)CCCCC2)CC1. The first-order chi connectivity index (χ1) is 12.8. The highest BCUT2D eigenvalue weighted by Gasteiger charge is 2.37. The molecule has 0 unspecified atom stereocenters. The van der Waals surface area contributed by atoms with Crippen LogP contribution in [0.25, 0.3) is 0 Å². The van der Waals surface area contributed by atoms with Crippen LogP contribution in [-0.4, -0.2) is 27.8 Å². The van der Waals surface area contributed by atoms with Gasteiger partial charge in [0.05, 0.1) is 5.76 Å². The Labute approximate surface area is 156 Å². The van der Waals surface area contributed by atoms with E-state index in [0.717, 1.165) is 24.4 Å². The quantitative estimate of drug-likeness (QED) is 0.606. The molecule has 26 heavy (non-hydrogen) atoms. The fourth-order valence-electron chi connectivity index (χ4n) is 4.22. The molecule has 0 radical (unpaired) electrons. The largest absolute Gasteiger partial charge is 0.472 e. The first-order valence-electron chi connectivity index (χ1n) is 9.53. The molecule has 1 fully saturated rings. The summed E-state index contributed by atoms with van der Waals surface area (Å²) < 4.78 is 21.2. The number of hydrogen-bond acceptors (Lipinski definition) is 4. The lowest BCUT2D eigenvalue weighted by atomic mass is 9.63. The number of benzene rings is 1. The van der Waals surface area contributed by atoms with Crippen molar-refractivity contribution in [2.24, 2.45) is 0 Å². The van der Waals surface area contributed by atoms with Crippen molar-refractivity contribution >= 4 is 0 Å². The zero-order chi connectivity index (χ0) is 18.2. The van der Waals surface area contributed by atoms with E-state index in [4.69, 9.17) is 18.9 Å². The van der Waals surface area contributed by atoms with Crippen LogP contribution in [0.4, 0.5) is 0 Å². The van der Waals surface area contributed by atoms with Gasteiger partial charge in [0.15, 0.2) is 13.6 Å². The maximum atomic E-state index is 5.63. The minimum Gasteiger partial charge on any atom is -0.472 e. The molecule has 0 heterocycles. The summed E-state index contributed by atoms with van der Waals surface area (Å²) in [6.45, 7) is 0.605. The molecule has 0 aromatic heterocycles. The molecule has 0 atom stereocenters. The maximum Gasteiger partial charge on any atom is 0.188 e. The van der Waals surface area contributed by atoms with Crippen molar-refractivity contribution in [1.29, 1.82) is 0 Å². The highest BCUT2D eigenvalue weighted by atomic mass is 16.7. The van der Waals surface area contributed by atoms with Gasteiger partial charge in [0, 0.05) is 26.1 Å². The third kappa shape index (κ3) is 4.30. The topological polar surface area (TPSA) is 36.9 Å². The molecule has 1 saturated carbocycles. The van der Waals surface area contributed by atoms with Gasteiger partial charge in [0.2, 0.25) is 0 Å². The van der Waals surface area contributed by atoms with Crippen LogP contribution in [0.1, 0.15) is 50.5 Å². The van der Waals surface area contributed by atoms with Gasteiger partial charge in [-0.1, -0.05) is 43.0 Å². The van der Waals surface area contributed by atoms with Gasteiger partial charge in [-0.2, -0.15) is 0 Å². The van der Waals surface area contributed by atoms with Gasteiger partial charge in [-0.25, -0.2) is 0 Å². The van der Waals surface area contributed by atoms with Gasteiger partial charge in [-0.15, -0.1) is 0 Å². The minimum absolute atomic E-state index is 0.154. The van der Waals surface area contributed by atoms with Crippen molar-refractivity contribution in [3.8, 4) is 5.75 Å². The Kier molecular flexibility index (Phi) is 6.75. The zero-order valence-electron chi connectivity index (χ0n) is 16.0. The number of ether oxygens (including phenoxy) is 4. The molecule has 142 valence electrons. The average Bonchev–Trinajstić information content (AvgIpc) is 2.72. The summed E-state index contributed by atoms with van der Waals surface area (Å²) in [5.74, 6) is 1.87. The first-order valence-corrected chi connectivity index (χ1v) is 9.53. The Morgan fingerprint density at radius 1 is 0.808 bits per heavy atom. The van der Waals surface area contributed by atoms with Crippen LogP contribution in [0.15, 0.2) is 47.7 Å². The van der Waals surface area contributed by atoms with E-state index in [2.05, 4.69) is 36.4 Å². The van der Waals surface area contributed by atoms with E-state index in [0.29, 0.717) is 6.79 Å². The number of methoxy groups -OCH3 is 2. The molecule has 0 amide bonds. The fraction of sp³-hybridized carbons (Fsp3) is 0.545. The van der Waals surface area contributed by atoms with Crippen LogP contribution in [0.5, 0.6) is 5.75 Å². The van der Waals surface area contributed by atoms with Crippen molar-refractivity contribution in [3.05, 3.63) is 53.3 Å². The van der Waals surface area contributed by atoms with Crippen molar-refractivity contribution in [2.75, 3.05) is 27.8 Å². The zero-order valence-corrected chi connectivity index (χ0v) is 16.0. The summed E-state index contributed by atoms with van der Waals surface area (Å²) in [6.07, 6.45) is 12.8. The van der Waals surface area contributed by atoms with E-state index in [-0.39, 0.29) is 12.2 Å². The third-order valence-electron chi connectivity index (χ3n) is 5.55. The standard InChI is InChI=1S/C22H30O4/c1-23-16-25-20-10-6-18(7-11-20)22(14-4-3-5-15-22)19-8-12-21(13-9-19)26-17-24-2/h6-8,10-12H,3-5,9,13-17H2,1-2H3. The predicted molar refractivity (Wildman–Crippen MR) is 102 cm³/mol. The van der Waals surface area contributed by atoms with Crippen molar-refractivity contribution in [2.45, 2.75) is 50.4 Å². The second-order valence-corrected chi connectivity index (χ2v) is 7.09. The van der Waals surface area contributed by atoms with Crippen LogP contribution in [0.2, 0.25) is 0 Å². The van der Waals surface area contributed by atoms with Gasteiger partial charge < -0.3 is 18.9 Å². The Bertz CT molecular complexity index is 624. The monoisotopic (exact) mass is 358 g/mol. The molecule has 0 bridgehead atoms. The van der Waals surface area contributed by atoms with Crippen LogP contribution in [0, 0.1) is 0 Å². The molecule has 0 saturated heterocycles. The molecule has 2 aliphatic rings. The molecule has 0 aliphatic heterocycles. The summed E-state index contributed by atoms with van der Waals surface area (Å²) in [5.41, 5.74) is 3.09. The second kappa shape index (κ2) is 9.24. The van der Waals surface area contributed by atoms with Gasteiger partial charge in [0.25, 0.3) is 0 Å². The number of rotatable bonds is 8. The van der Waals surface area contributed by atoms with E-state index in [1.165, 1.54) is 43.2 Å². The van der Waals surface area contributed by atoms with Crippen LogP contribution in [0.3, 0.4) is 0 Å². The molecular formula is C22H30O4. The van der Waals surface area contributed by atoms with Crippen LogP contribution in [-0.2, 0) is 19.6 Å². The van der Waals surface area contributed by atoms with E-state index in [1.54, 1.807) is 14.2 Å². The summed E-state index contributed by atoms with van der Waals surface area (Å²) in [5, 5.41) is 0. The Balaban J connectivity index is 1.83. The lowest BCUT2D eigenvalue weighted by molar-refractivity contribution is 0.00205. The van der Waals surface area contributed by atoms with Crippen LogP contribution >= 0.6 is 0 Å². The Morgan fingerprint density at radius 2 is 1.50 bits per heavy atom. The normalized spacial score (nSPS) is 19.5. The fourth-order valence-corrected chi connectivity index (χ4v) is 4.22. The van der Waals surface area contributed by atoms with Crippen molar-refractivity contribution < 1.29 is 18.9 Å². The van der Waals surface area contributed by atoms with Gasteiger partial charge in [-0.05, 0) is 43.0 Å². The Hall–Kier alpha value is -1.78. The van der Waals surface area contributed by atoms with Crippen molar-refractivity contribution in [3.63, 3.8) is 0 Å². The summed E-state index contributed by atoms with van der Waals surface area (Å²) in [7, 11) is 3.29. The maximum absolute atomic E-state index is 5.63. The lowest BCUT2D eigenvalue weighted by Gasteiger charge is -2.41. The Morgan fingerprint density at radius 3 is 2.12 bits per heavy atom. The summed E-state index contributed by atoms with van der Waals surface area (Å²) in [4.78, 5) is 0. The van der Waals surface area contributed by atoms with Crippen LogP contribution < -0.4 is 4.74 Å². The highest BCUT2D eigenvalue weighted by molar-refractivity contribution is 5.42. The molecule has 0 N–H and O–H groups in total. The summed E-state index contributed by atoms with van der Waals surface area (Å²) in [6, 6.07) is 8.60. The first kappa shape index (κ1) is 19.0. The molecular weight excluding hydrogens is 328 g/mol. The smallest absolute Gasteiger partial charge is 0.188 e. The van der Waals surface area contributed by atoms with Gasteiger partial charge in [0.1, 0.15) is 5.75 Å². The molecule has 3 rings (SSSR count). The van der Waals surface area contributed by atoms with E-state index < -0.39 is 0 Å². The van der Waals surface area contributed by atoms with Crippen molar-refractivity contribution in [1.82, 2.24) is 0 Å². The van der Waals surface area contributed by atoms with E-state index >= 15 is 0 Å². The molecule has 4 nitrogen and oxygen atoms in total. The molecule has 0 spiro atoms. The predicted octanol–water partition coefficient (Wildman–Crippen LogP) is 5.10. The molecule has 2 aliphatic carbocycles. The second-order valence-electron chi connectivity index (χ2n) is 7.09. The van der Waals surface area contributed by atoms with E-state index in [1.807, 2.05) is 0 Å². The van der Waals surface area contributed by atoms with Gasteiger partial charge in [-0.3, -0.25) is 0 Å². The number of allylic oxidation sites excluding steroid dienone is 4. The average molecular weight is 358 g/mol. The van der Waals surface area contributed by atoms with Gasteiger partial charge >= 0.3 is 0 Å². The molecule has 4 heteroatoms. The van der Waals surface area contributed by atoms with E-state index in [9.17, 15) is 0 Å². The molecule has 1 aromatic carbocycles. The number of hydrogen-bond donors (Lipinski definition) is 0. The summed E-state index contributed by atoms with van der Waals surface area (Å²) >= 11 is 0. The minimum atomic E-state index is 0.154. The third-order valence-corrected chi connectivity index (χ3v) is 5.55. The molecule has 1 aromatic rings. The lowest BCUT2D eigenvalue weighted by Crippen LogP contribution is -2.32.